The van der Waals surface area contributed by atoms with E-state index in [4.69, 9.17) is 5.73 Å². The normalized spacial score (nSPS) is 26.8. The van der Waals surface area contributed by atoms with E-state index in [0.717, 1.165) is 10.5 Å². The van der Waals surface area contributed by atoms with Crippen molar-refractivity contribution >= 4 is 16.9 Å². The fourth-order valence-corrected chi connectivity index (χ4v) is 2.31. The SMILES string of the molecule is NC1C=Cc2ccccc2S1=O. The van der Waals surface area contributed by atoms with Crippen LogP contribution in [0.15, 0.2) is 35.2 Å². The van der Waals surface area contributed by atoms with Crippen LogP contribution < -0.4 is 5.73 Å². The number of nitrogens with two attached hydrogens (primary N) is 1. The van der Waals surface area contributed by atoms with Gasteiger partial charge in [0.25, 0.3) is 0 Å². The molecule has 2 atom stereocenters. The van der Waals surface area contributed by atoms with E-state index in [-0.39, 0.29) is 5.37 Å². The van der Waals surface area contributed by atoms with Gasteiger partial charge in [0.1, 0.15) is 5.37 Å². The van der Waals surface area contributed by atoms with E-state index >= 15 is 0 Å². The maximum absolute atomic E-state index is 11.6. The predicted octanol–water partition coefficient (Wildman–Crippen LogP) is 1.11. The molecule has 1 aliphatic heterocycles. The van der Waals surface area contributed by atoms with Crippen LogP contribution in [-0.2, 0) is 10.8 Å². The van der Waals surface area contributed by atoms with Crippen LogP contribution in [0.5, 0.6) is 0 Å². The molecule has 2 unspecified atom stereocenters. The molecule has 62 valence electrons. The smallest absolute Gasteiger partial charge is 0.105 e. The van der Waals surface area contributed by atoms with Gasteiger partial charge in [-0.1, -0.05) is 30.4 Å². The van der Waals surface area contributed by atoms with E-state index in [1.165, 1.54) is 0 Å². The van der Waals surface area contributed by atoms with Gasteiger partial charge in [-0.15, -0.1) is 0 Å². The second kappa shape index (κ2) is 2.84. The summed E-state index contributed by atoms with van der Waals surface area (Å²) in [6, 6.07) is 7.60. The van der Waals surface area contributed by atoms with Crippen molar-refractivity contribution in [1.82, 2.24) is 0 Å². The van der Waals surface area contributed by atoms with E-state index in [1.54, 1.807) is 6.08 Å². The number of rotatable bonds is 0. The van der Waals surface area contributed by atoms with Crippen LogP contribution in [0.2, 0.25) is 0 Å². The van der Waals surface area contributed by atoms with Crippen molar-refractivity contribution in [2.24, 2.45) is 5.73 Å². The molecular formula is C9H9NOS. The van der Waals surface area contributed by atoms with Gasteiger partial charge in [0, 0.05) is 4.90 Å². The summed E-state index contributed by atoms with van der Waals surface area (Å²) < 4.78 is 11.6. The molecule has 0 saturated heterocycles. The predicted molar refractivity (Wildman–Crippen MR) is 49.9 cm³/mol. The molecular weight excluding hydrogens is 170 g/mol. The van der Waals surface area contributed by atoms with Crippen molar-refractivity contribution < 1.29 is 4.21 Å². The molecule has 3 heteroatoms. The van der Waals surface area contributed by atoms with Crippen molar-refractivity contribution in [2.75, 3.05) is 0 Å². The van der Waals surface area contributed by atoms with Crippen LogP contribution in [0.3, 0.4) is 0 Å². The van der Waals surface area contributed by atoms with E-state index in [2.05, 4.69) is 0 Å². The van der Waals surface area contributed by atoms with Crippen LogP contribution in [0, 0.1) is 0 Å². The third-order valence-electron chi connectivity index (χ3n) is 1.85. The van der Waals surface area contributed by atoms with Gasteiger partial charge < -0.3 is 5.73 Å². The molecule has 0 bridgehead atoms. The molecule has 0 aliphatic carbocycles. The van der Waals surface area contributed by atoms with Crippen molar-refractivity contribution in [2.45, 2.75) is 10.3 Å². The highest BCUT2D eigenvalue weighted by atomic mass is 32.2. The van der Waals surface area contributed by atoms with Gasteiger partial charge >= 0.3 is 0 Å². The lowest BCUT2D eigenvalue weighted by atomic mass is 10.2. The summed E-state index contributed by atoms with van der Waals surface area (Å²) in [6.45, 7) is 0. The van der Waals surface area contributed by atoms with Crippen LogP contribution >= 0.6 is 0 Å². The molecule has 2 rings (SSSR count). The number of hydrogen-bond donors (Lipinski definition) is 1. The topological polar surface area (TPSA) is 43.1 Å². The van der Waals surface area contributed by atoms with Crippen LogP contribution in [0.25, 0.3) is 6.08 Å². The third kappa shape index (κ3) is 1.11. The lowest BCUT2D eigenvalue weighted by molar-refractivity contribution is 0.677. The lowest BCUT2D eigenvalue weighted by Gasteiger charge is -2.14. The monoisotopic (exact) mass is 179 g/mol. The molecule has 1 aliphatic rings. The Morgan fingerprint density at radius 2 is 2.08 bits per heavy atom. The number of hydrogen-bond acceptors (Lipinski definition) is 2. The first-order chi connectivity index (χ1) is 5.79. The largest absolute Gasteiger partial charge is 0.314 e. The minimum absolute atomic E-state index is 0.347. The molecule has 1 heterocycles. The number of fused-ring (bicyclic) bond motifs is 1. The summed E-state index contributed by atoms with van der Waals surface area (Å²) in [6.07, 6.45) is 3.69. The highest BCUT2D eigenvalue weighted by Gasteiger charge is 2.17. The van der Waals surface area contributed by atoms with Crippen molar-refractivity contribution in [1.29, 1.82) is 0 Å². The molecule has 0 amide bonds. The van der Waals surface area contributed by atoms with Crippen LogP contribution in [0.1, 0.15) is 5.56 Å². The highest BCUT2D eigenvalue weighted by molar-refractivity contribution is 7.86. The molecule has 0 radical (unpaired) electrons. The Morgan fingerprint density at radius 3 is 2.92 bits per heavy atom. The average molecular weight is 179 g/mol. The quantitative estimate of drug-likeness (QED) is 0.648. The standard InChI is InChI=1S/C9H9NOS/c10-9-6-5-7-3-1-2-4-8(7)12(9)11/h1-6,9H,10H2. The Balaban J connectivity index is 2.59. The van der Waals surface area contributed by atoms with Crippen LogP contribution in [-0.4, -0.2) is 9.58 Å². The van der Waals surface area contributed by atoms with Gasteiger partial charge in [-0.25, -0.2) is 0 Å². The first-order valence-electron chi connectivity index (χ1n) is 3.72. The zero-order valence-electron chi connectivity index (χ0n) is 6.44. The fourth-order valence-electron chi connectivity index (χ4n) is 1.22. The second-order valence-electron chi connectivity index (χ2n) is 2.66. The Bertz CT molecular complexity index is 359. The zero-order valence-corrected chi connectivity index (χ0v) is 7.25. The minimum Gasteiger partial charge on any atom is -0.314 e. The van der Waals surface area contributed by atoms with E-state index in [1.807, 2.05) is 30.3 Å². The molecule has 0 aromatic heterocycles. The average Bonchev–Trinajstić information content (AvgIpc) is 2.12. The van der Waals surface area contributed by atoms with Crippen molar-refractivity contribution in [3.05, 3.63) is 35.9 Å². The van der Waals surface area contributed by atoms with Gasteiger partial charge in [-0.2, -0.15) is 0 Å². The maximum Gasteiger partial charge on any atom is 0.105 e. The Kier molecular flexibility index (Phi) is 1.83. The molecule has 0 fully saturated rings. The Morgan fingerprint density at radius 1 is 1.33 bits per heavy atom. The molecule has 0 spiro atoms. The van der Waals surface area contributed by atoms with Crippen molar-refractivity contribution in [3.63, 3.8) is 0 Å². The van der Waals surface area contributed by atoms with E-state index in [0.29, 0.717) is 0 Å². The van der Waals surface area contributed by atoms with Crippen LogP contribution in [0.4, 0.5) is 0 Å². The summed E-state index contributed by atoms with van der Waals surface area (Å²) in [5.41, 5.74) is 6.62. The van der Waals surface area contributed by atoms with E-state index < -0.39 is 10.8 Å². The summed E-state index contributed by atoms with van der Waals surface area (Å²) in [4.78, 5) is 0.840. The minimum atomic E-state index is -1.07. The molecule has 12 heavy (non-hydrogen) atoms. The summed E-state index contributed by atoms with van der Waals surface area (Å²) in [5, 5.41) is -0.347. The molecule has 1 aromatic rings. The van der Waals surface area contributed by atoms with Crippen molar-refractivity contribution in [3.8, 4) is 0 Å². The third-order valence-corrected chi connectivity index (χ3v) is 3.31. The first-order valence-corrected chi connectivity index (χ1v) is 4.94. The van der Waals surface area contributed by atoms with Gasteiger partial charge in [0.15, 0.2) is 0 Å². The number of benzene rings is 1. The highest BCUT2D eigenvalue weighted by Crippen LogP contribution is 2.21. The summed E-state index contributed by atoms with van der Waals surface area (Å²) >= 11 is 0. The Hall–Kier alpha value is -0.930. The molecule has 2 N–H and O–H groups in total. The lowest BCUT2D eigenvalue weighted by Crippen LogP contribution is -2.25. The summed E-state index contributed by atoms with van der Waals surface area (Å²) in [5.74, 6) is 0. The van der Waals surface area contributed by atoms with Gasteiger partial charge in [-0.05, 0) is 11.6 Å². The molecule has 2 nitrogen and oxygen atoms in total. The molecule has 1 aromatic carbocycles. The Labute approximate surface area is 73.5 Å². The summed E-state index contributed by atoms with van der Waals surface area (Å²) in [7, 11) is -1.07. The maximum atomic E-state index is 11.6. The first kappa shape index (κ1) is 7.71. The van der Waals surface area contributed by atoms with Gasteiger partial charge in [0.2, 0.25) is 0 Å². The van der Waals surface area contributed by atoms with Gasteiger partial charge in [-0.3, -0.25) is 4.21 Å². The van der Waals surface area contributed by atoms with Gasteiger partial charge in [0.05, 0.1) is 10.8 Å². The fraction of sp³-hybridized carbons (Fsp3) is 0.111. The van der Waals surface area contributed by atoms with E-state index in [9.17, 15) is 4.21 Å². The zero-order chi connectivity index (χ0) is 8.55. The molecule has 0 saturated carbocycles. The second-order valence-corrected chi connectivity index (χ2v) is 4.24.